The molecule has 0 saturated carbocycles. The maximum absolute atomic E-state index is 11.1. The number of ketones is 1. The molecular formula is C8H9NO3. The molecule has 1 atom stereocenters. The van der Waals surface area contributed by atoms with Gasteiger partial charge in [-0.2, -0.15) is 0 Å². The normalized spacial score (nSPS) is 22.0. The number of rotatable bonds is 1. The highest BCUT2D eigenvalue weighted by Gasteiger charge is 2.29. The van der Waals surface area contributed by atoms with E-state index in [-0.39, 0.29) is 5.78 Å². The van der Waals surface area contributed by atoms with Gasteiger partial charge in [0.25, 0.3) is 0 Å². The third kappa shape index (κ3) is 1.42. The van der Waals surface area contributed by atoms with Crippen molar-refractivity contribution < 1.29 is 14.3 Å². The molecule has 0 saturated heterocycles. The van der Waals surface area contributed by atoms with E-state index in [1.807, 2.05) is 0 Å². The van der Waals surface area contributed by atoms with Gasteiger partial charge in [0.05, 0.1) is 7.11 Å². The quantitative estimate of drug-likeness (QED) is 0.417. The van der Waals surface area contributed by atoms with E-state index in [1.165, 1.54) is 19.4 Å². The van der Waals surface area contributed by atoms with Gasteiger partial charge in [-0.1, -0.05) is 0 Å². The van der Waals surface area contributed by atoms with Crippen molar-refractivity contribution in [2.75, 3.05) is 7.11 Å². The third-order valence-electron chi connectivity index (χ3n) is 1.66. The van der Waals surface area contributed by atoms with Crippen LogP contribution >= 0.6 is 0 Å². The van der Waals surface area contributed by atoms with Gasteiger partial charge in [-0.15, -0.1) is 0 Å². The summed E-state index contributed by atoms with van der Waals surface area (Å²) in [5.41, 5.74) is 0.481. The monoisotopic (exact) mass is 167 g/mol. The molecule has 1 unspecified atom stereocenters. The molecule has 1 aliphatic heterocycles. The molecule has 0 fully saturated rings. The lowest BCUT2D eigenvalue weighted by atomic mass is 9.97. The van der Waals surface area contributed by atoms with Crippen molar-refractivity contribution in [2.24, 2.45) is 10.9 Å². The molecule has 0 amide bonds. The Kier molecular flexibility index (Phi) is 2.38. The SMILES string of the molecule is COC(=O)C1C(=O)C=CN=C1C. The Morgan fingerprint density at radius 3 is 2.83 bits per heavy atom. The van der Waals surface area contributed by atoms with Gasteiger partial charge < -0.3 is 4.74 Å². The zero-order chi connectivity index (χ0) is 9.14. The molecular weight excluding hydrogens is 158 g/mol. The average molecular weight is 167 g/mol. The summed E-state index contributed by atoms with van der Waals surface area (Å²) < 4.78 is 4.46. The summed E-state index contributed by atoms with van der Waals surface area (Å²) in [6.45, 7) is 1.63. The van der Waals surface area contributed by atoms with Crippen molar-refractivity contribution in [1.29, 1.82) is 0 Å². The van der Waals surface area contributed by atoms with Gasteiger partial charge in [-0.25, -0.2) is 0 Å². The lowest BCUT2D eigenvalue weighted by Gasteiger charge is -2.12. The second-order valence-electron chi connectivity index (χ2n) is 2.44. The summed E-state index contributed by atoms with van der Waals surface area (Å²) in [4.78, 5) is 26.0. The molecule has 0 bridgehead atoms. The predicted molar refractivity (Wildman–Crippen MR) is 42.8 cm³/mol. The molecule has 0 aromatic heterocycles. The number of nitrogens with zero attached hydrogens (tertiary/aromatic N) is 1. The number of hydrogen-bond acceptors (Lipinski definition) is 4. The van der Waals surface area contributed by atoms with E-state index in [2.05, 4.69) is 9.73 Å². The molecule has 64 valence electrons. The van der Waals surface area contributed by atoms with Crippen molar-refractivity contribution >= 4 is 17.5 Å². The number of carbonyl (C=O) groups is 2. The smallest absolute Gasteiger partial charge is 0.322 e. The van der Waals surface area contributed by atoms with Crippen molar-refractivity contribution in [1.82, 2.24) is 0 Å². The fraction of sp³-hybridized carbons (Fsp3) is 0.375. The number of carbonyl (C=O) groups excluding carboxylic acids is 2. The molecule has 0 N–H and O–H groups in total. The second-order valence-corrected chi connectivity index (χ2v) is 2.44. The number of methoxy groups -OCH3 is 1. The van der Waals surface area contributed by atoms with E-state index < -0.39 is 11.9 Å². The fourth-order valence-electron chi connectivity index (χ4n) is 1.01. The lowest BCUT2D eigenvalue weighted by Crippen LogP contribution is -2.31. The Balaban J connectivity index is 2.89. The van der Waals surface area contributed by atoms with Gasteiger partial charge in [-0.3, -0.25) is 14.6 Å². The number of esters is 1. The van der Waals surface area contributed by atoms with Crippen LogP contribution in [0.15, 0.2) is 17.3 Å². The van der Waals surface area contributed by atoms with Crippen LogP contribution in [-0.4, -0.2) is 24.6 Å². The van der Waals surface area contributed by atoms with E-state index in [4.69, 9.17) is 0 Å². The molecule has 4 nitrogen and oxygen atoms in total. The molecule has 0 aliphatic carbocycles. The van der Waals surface area contributed by atoms with Gasteiger partial charge in [0.1, 0.15) is 0 Å². The second kappa shape index (κ2) is 3.30. The number of hydrogen-bond donors (Lipinski definition) is 0. The summed E-state index contributed by atoms with van der Waals surface area (Å²) >= 11 is 0. The first-order chi connectivity index (χ1) is 5.66. The molecule has 0 radical (unpaired) electrons. The molecule has 0 aromatic carbocycles. The van der Waals surface area contributed by atoms with Crippen molar-refractivity contribution in [3.8, 4) is 0 Å². The molecule has 0 spiro atoms. The van der Waals surface area contributed by atoms with E-state index >= 15 is 0 Å². The summed E-state index contributed by atoms with van der Waals surface area (Å²) in [6, 6.07) is 0. The van der Waals surface area contributed by atoms with Crippen LogP contribution in [0.2, 0.25) is 0 Å². The third-order valence-corrected chi connectivity index (χ3v) is 1.66. The van der Waals surface area contributed by atoms with E-state index in [0.29, 0.717) is 5.71 Å². The van der Waals surface area contributed by atoms with Crippen LogP contribution in [0.25, 0.3) is 0 Å². The minimum atomic E-state index is -0.833. The summed E-state index contributed by atoms with van der Waals surface area (Å²) in [7, 11) is 1.25. The van der Waals surface area contributed by atoms with Crippen LogP contribution in [0.5, 0.6) is 0 Å². The van der Waals surface area contributed by atoms with Crippen LogP contribution in [0, 0.1) is 5.92 Å². The molecule has 4 heteroatoms. The highest BCUT2D eigenvalue weighted by atomic mass is 16.5. The minimum absolute atomic E-state index is 0.269. The van der Waals surface area contributed by atoms with Gasteiger partial charge in [0.15, 0.2) is 11.7 Å². The van der Waals surface area contributed by atoms with Gasteiger partial charge in [0, 0.05) is 18.0 Å². The van der Waals surface area contributed by atoms with Crippen LogP contribution < -0.4 is 0 Å². The van der Waals surface area contributed by atoms with Gasteiger partial charge >= 0.3 is 5.97 Å². The van der Waals surface area contributed by atoms with Crippen LogP contribution in [0.3, 0.4) is 0 Å². The number of aliphatic imine (C=N–C) groups is 1. The lowest BCUT2D eigenvalue weighted by molar-refractivity contribution is -0.145. The predicted octanol–water partition coefficient (Wildman–Crippen LogP) is 0.333. The van der Waals surface area contributed by atoms with Crippen molar-refractivity contribution in [2.45, 2.75) is 6.92 Å². The van der Waals surface area contributed by atoms with Crippen molar-refractivity contribution in [3.05, 3.63) is 12.3 Å². The highest BCUT2D eigenvalue weighted by molar-refractivity contribution is 6.22. The van der Waals surface area contributed by atoms with Crippen LogP contribution in [-0.2, 0) is 14.3 Å². The average Bonchev–Trinajstić information content (AvgIpc) is 2.03. The fourth-order valence-corrected chi connectivity index (χ4v) is 1.01. The van der Waals surface area contributed by atoms with E-state index in [9.17, 15) is 9.59 Å². The topological polar surface area (TPSA) is 55.7 Å². The zero-order valence-corrected chi connectivity index (χ0v) is 6.90. The Morgan fingerprint density at radius 1 is 1.67 bits per heavy atom. The van der Waals surface area contributed by atoms with Gasteiger partial charge in [0.2, 0.25) is 0 Å². The molecule has 0 aromatic rings. The largest absolute Gasteiger partial charge is 0.468 e. The molecule has 12 heavy (non-hydrogen) atoms. The first-order valence-electron chi connectivity index (χ1n) is 3.49. The maximum Gasteiger partial charge on any atom is 0.322 e. The van der Waals surface area contributed by atoms with Crippen LogP contribution in [0.1, 0.15) is 6.92 Å². The highest BCUT2D eigenvalue weighted by Crippen LogP contribution is 2.10. The molecule has 1 heterocycles. The van der Waals surface area contributed by atoms with Crippen LogP contribution in [0.4, 0.5) is 0 Å². The van der Waals surface area contributed by atoms with E-state index in [0.717, 1.165) is 0 Å². The van der Waals surface area contributed by atoms with E-state index in [1.54, 1.807) is 6.92 Å². The maximum atomic E-state index is 11.1. The Morgan fingerprint density at radius 2 is 2.33 bits per heavy atom. The first kappa shape index (κ1) is 8.64. The molecule has 1 rings (SSSR count). The summed E-state index contributed by atoms with van der Waals surface area (Å²) in [5.74, 6) is -1.65. The Hall–Kier alpha value is -1.45. The number of allylic oxidation sites excluding steroid dienone is 1. The van der Waals surface area contributed by atoms with Crippen molar-refractivity contribution in [3.63, 3.8) is 0 Å². The minimum Gasteiger partial charge on any atom is -0.468 e. The summed E-state index contributed by atoms with van der Waals surface area (Å²) in [6.07, 6.45) is 2.66. The zero-order valence-electron chi connectivity index (χ0n) is 6.90. The standard InChI is InChI=1S/C8H9NO3/c1-5-7(8(11)12-2)6(10)3-4-9-5/h3-4,7H,1-2H3. The number of ether oxygens (including phenoxy) is 1. The Labute approximate surface area is 69.9 Å². The first-order valence-corrected chi connectivity index (χ1v) is 3.49. The Bertz CT molecular complexity index is 278. The van der Waals surface area contributed by atoms with Gasteiger partial charge in [-0.05, 0) is 6.92 Å². The molecule has 1 aliphatic rings. The summed E-state index contributed by atoms with van der Waals surface area (Å²) in [5, 5.41) is 0.